The molecule has 0 spiro atoms. The van der Waals surface area contributed by atoms with Crippen LogP contribution in [-0.4, -0.2) is 38.1 Å². The Morgan fingerprint density at radius 2 is 1.86 bits per heavy atom. The van der Waals surface area contributed by atoms with Crippen LogP contribution in [0.1, 0.15) is 20.8 Å². The second-order valence-electron chi connectivity index (χ2n) is 4.58. The van der Waals surface area contributed by atoms with Crippen molar-refractivity contribution in [3.63, 3.8) is 0 Å². The van der Waals surface area contributed by atoms with Gasteiger partial charge in [-0.05, 0) is 40.9 Å². The minimum absolute atomic E-state index is 0.160. The molecule has 0 heterocycles. The van der Waals surface area contributed by atoms with E-state index in [0.717, 1.165) is 6.54 Å². The highest BCUT2D eigenvalue weighted by Gasteiger charge is 2.22. The van der Waals surface area contributed by atoms with Crippen LogP contribution in [0.25, 0.3) is 0 Å². The lowest BCUT2D eigenvalue weighted by molar-refractivity contribution is -0.151. The van der Waals surface area contributed by atoms with Crippen molar-refractivity contribution in [2.45, 2.75) is 20.8 Å². The zero-order valence-corrected chi connectivity index (χ0v) is 9.83. The number of rotatable bonds is 4. The number of ether oxygens (including phenoxy) is 1. The van der Waals surface area contributed by atoms with Gasteiger partial charge in [0.1, 0.15) is 6.61 Å². The first kappa shape index (κ1) is 13.2. The van der Waals surface area contributed by atoms with Crippen molar-refractivity contribution in [3.05, 3.63) is 12.2 Å². The second-order valence-corrected chi connectivity index (χ2v) is 4.58. The van der Waals surface area contributed by atoms with Crippen LogP contribution < -0.4 is 0 Å². The summed E-state index contributed by atoms with van der Waals surface area (Å²) in [6, 6.07) is 0. The van der Waals surface area contributed by atoms with E-state index in [4.69, 9.17) is 4.74 Å². The Kier molecular flexibility index (Phi) is 5.46. The molecule has 0 atom stereocenters. The van der Waals surface area contributed by atoms with Crippen LogP contribution in [0, 0.1) is 5.41 Å². The van der Waals surface area contributed by atoms with E-state index in [1.165, 1.54) is 0 Å². The van der Waals surface area contributed by atoms with Crippen molar-refractivity contribution in [1.82, 2.24) is 4.90 Å². The van der Waals surface area contributed by atoms with Crippen molar-refractivity contribution < 1.29 is 9.53 Å². The van der Waals surface area contributed by atoms with Crippen molar-refractivity contribution >= 4 is 5.97 Å². The standard InChI is InChI=1S/C11H21NO2/c1-11(2,3)10(13)14-9-7-6-8-12(4)5/h6-7H,8-9H2,1-5H3/b7-6+. The molecule has 0 N–H and O–H groups in total. The Bertz CT molecular complexity index is 202. The molecule has 3 heteroatoms. The maximum atomic E-state index is 11.3. The number of hydrogen-bond donors (Lipinski definition) is 0. The average Bonchev–Trinajstić information content (AvgIpc) is 2.01. The molecule has 0 radical (unpaired) electrons. The molecule has 0 saturated heterocycles. The third kappa shape index (κ3) is 6.66. The molecule has 0 aliphatic rings. The highest BCUT2D eigenvalue weighted by molar-refractivity contribution is 5.75. The van der Waals surface area contributed by atoms with Crippen LogP contribution in [0.4, 0.5) is 0 Å². The summed E-state index contributed by atoms with van der Waals surface area (Å²) < 4.78 is 5.04. The van der Waals surface area contributed by atoms with Gasteiger partial charge >= 0.3 is 5.97 Å². The molecule has 0 aliphatic carbocycles. The molecule has 0 aromatic rings. The van der Waals surface area contributed by atoms with E-state index in [1.54, 1.807) is 0 Å². The van der Waals surface area contributed by atoms with Crippen LogP contribution in [0.15, 0.2) is 12.2 Å². The van der Waals surface area contributed by atoms with Crippen LogP contribution in [0.2, 0.25) is 0 Å². The molecule has 0 aromatic carbocycles. The normalized spacial score (nSPS) is 12.4. The third-order valence-electron chi connectivity index (χ3n) is 1.56. The Morgan fingerprint density at radius 3 is 2.29 bits per heavy atom. The molecule has 0 saturated carbocycles. The van der Waals surface area contributed by atoms with Gasteiger partial charge in [0.2, 0.25) is 0 Å². The van der Waals surface area contributed by atoms with Crippen LogP contribution >= 0.6 is 0 Å². The Morgan fingerprint density at radius 1 is 1.29 bits per heavy atom. The summed E-state index contributed by atoms with van der Waals surface area (Å²) in [7, 11) is 3.98. The number of carbonyl (C=O) groups excluding carboxylic acids is 1. The predicted molar refractivity (Wildman–Crippen MR) is 58.1 cm³/mol. The number of likely N-dealkylation sites (N-methyl/N-ethyl adjacent to an activating group) is 1. The lowest BCUT2D eigenvalue weighted by Crippen LogP contribution is -2.23. The minimum atomic E-state index is -0.407. The number of hydrogen-bond acceptors (Lipinski definition) is 3. The zero-order valence-electron chi connectivity index (χ0n) is 9.83. The third-order valence-corrected chi connectivity index (χ3v) is 1.56. The average molecular weight is 199 g/mol. The Hall–Kier alpha value is -0.830. The largest absolute Gasteiger partial charge is 0.461 e. The molecule has 3 nitrogen and oxygen atoms in total. The summed E-state index contributed by atoms with van der Waals surface area (Å²) in [5, 5.41) is 0. The van der Waals surface area contributed by atoms with Gasteiger partial charge in [0.25, 0.3) is 0 Å². The molecule has 0 amide bonds. The molecule has 0 rings (SSSR count). The maximum absolute atomic E-state index is 11.3. The van der Waals surface area contributed by atoms with Crippen molar-refractivity contribution in [2.24, 2.45) is 5.41 Å². The van der Waals surface area contributed by atoms with Gasteiger partial charge in [-0.25, -0.2) is 0 Å². The molecule has 0 bridgehead atoms. The van der Waals surface area contributed by atoms with E-state index in [0.29, 0.717) is 6.61 Å². The van der Waals surface area contributed by atoms with E-state index in [9.17, 15) is 4.79 Å². The lowest BCUT2D eigenvalue weighted by atomic mass is 9.97. The van der Waals surface area contributed by atoms with Gasteiger partial charge < -0.3 is 9.64 Å². The number of nitrogens with zero attached hydrogens (tertiary/aromatic N) is 1. The van der Waals surface area contributed by atoms with Gasteiger partial charge in [-0.15, -0.1) is 0 Å². The molecular formula is C11H21NO2. The van der Waals surface area contributed by atoms with Crippen molar-refractivity contribution in [1.29, 1.82) is 0 Å². The highest BCUT2D eigenvalue weighted by Crippen LogP contribution is 2.14. The maximum Gasteiger partial charge on any atom is 0.311 e. The molecule has 14 heavy (non-hydrogen) atoms. The monoisotopic (exact) mass is 199 g/mol. The van der Waals surface area contributed by atoms with Crippen molar-refractivity contribution in [3.8, 4) is 0 Å². The fraction of sp³-hybridized carbons (Fsp3) is 0.727. The van der Waals surface area contributed by atoms with Crippen LogP contribution in [-0.2, 0) is 9.53 Å². The first-order valence-electron chi connectivity index (χ1n) is 4.81. The van der Waals surface area contributed by atoms with Gasteiger partial charge in [0.15, 0.2) is 0 Å². The summed E-state index contributed by atoms with van der Waals surface area (Å²) >= 11 is 0. The first-order valence-corrected chi connectivity index (χ1v) is 4.81. The van der Waals surface area contributed by atoms with Gasteiger partial charge in [-0.1, -0.05) is 6.08 Å². The first-order chi connectivity index (χ1) is 6.34. The fourth-order valence-electron chi connectivity index (χ4n) is 0.694. The van der Waals surface area contributed by atoms with Gasteiger partial charge in [0, 0.05) is 6.54 Å². The van der Waals surface area contributed by atoms with E-state index >= 15 is 0 Å². The van der Waals surface area contributed by atoms with E-state index in [2.05, 4.69) is 0 Å². The summed E-state index contributed by atoms with van der Waals surface area (Å²) in [6.07, 6.45) is 3.85. The Balaban J connectivity index is 3.65. The summed E-state index contributed by atoms with van der Waals surface area (Å²) in [5.41, 5.74) is -0.407. The quantitative estimate of drug-likeness (QED) is 0.510. The fourth-order valence-corrected chi connectivity index (χ4v) is 0.694. The molecule has 0 aromatic heterocycles. The smallest absolute Gasteiger partial charge is 0.311 e. The topological polar surface area (TPSA) is 29.5 Å². The second kappa shape index (κ2) is 5.81. The summed E-state index contributed by atoms with van der Waals surface area (Å²) in [5.74, 6) is -0.160. The van der Waals surface area contributed by atoms with Gasteiger partial charge in [0.05, 0.1) is 5.41 Å². The molecule has 82 valence electrons. The lowest BCUT2D eigenvalue weighted by Gasteiger charge is -2.15. The van der Waals surface area contributed by atoms with Gasteiger partial charge in [-0.2, -0.15) is 0 Å². The SMILES string of the molecule is CN(C)C/C=C/COC(=O)C(C)(C)C. The Labute approximate surface area is 86.7 Å². The predicted octanol–water partition coefficient (Wildman–Crippen LogP) is 1.69. The van der Waals surface area contributed by atoms with E-state index in [1.807, 2.05) is 51.9 Å². The molecule has 0 aliphatic heterocycles. The van der Waals surface area contributed by atoms with Crippen LogP contribution in [0.3, 0.4) is 0 Å². The van der Waals surface area contributed by atoms with Gasteiger partial charge in [-0.3, -0.25) is 4.79 Å². The number of carbonyl (C=O) groups is 1. The highest BCUT2D eigenvalue weighted by atomic mass is 16.5. The summed E-state index contributed by atoms with van der Waals surface area (Å²) in [6.45, 7) is 6.77. The van der Waals surface area contributed by atoms with E-state index < -0.39 is 5.41 Å². The summed E-state index contributed by atoms with van der Waals surface area (Å²) in [4.78, 5) is 13.3. The molecule has 0 unspecified atom stereocenters. The van der Waals surface area contributed by atoms with Crippen LogP contribution in [0.5, 0.6) is 0 Å². The zero-order chi connectivity index (χ0) is 11.2. The molecule has 0 fully saturated rings. The minimum Gasteiger partial charge on any atom is -0.461 e. The van der Waals surface area contributed by atoms with Crippen molar-refractivity contribution in [2.75, 3.05) is 27.2 Å². The number of esters is 1. The van der Waals surface area contributed by atoms with E-state index in [-0.39, 0.29) is 5.97 Å². The molecular weight excluding hydrogens is 178 g/mol.